The average molecular weight is 286 g/mol. The van der Waals surface area contributed by atoms with E-state index in [9.17, 15) is 14.4 Å². The molecule has 1 aliphatic heterocycles. The van der Waals surface area contributed by atoms with E-state index in [-0.39, 0.29) is 12.5 Å². The van der Waals surface area contributed by atoms with Crippen LogP contribution in [-0.2, 0) is 9.59 Å². The number of nitrogens with zero attached hydrogens (tertiary/aromatic N) is 3. The second-order valence-electron chi connectivity index (χ2n) is 4.83. The molecule has 0 aliphatic carbocycles. The van der Waals surface area contributed by atoms with Gasteiger partial charge in [0.2, 0.25) is 11.8 Å². The fourth-order valence-corrected chi connectivity index (χ4v) is 2.62. The first kappa shape index (κ1) is 13.3. The number of pyridine rings is 1. The molecule has 1 saturated heterocycles. The van der Waals surface area contributed by atoms with Gasteiger partial charge in [-0.1, -0.05) is 13.0 Å². The molecule has 1 aliphatic rings. The second kappa shape index (κ2) is 5.01. The van der Waals surface area contributed by atoms with Gasteiger partial charge in [0.05, 0.1) is 6.54 Å². The van der Waals surface area contributed by atoms with Crippen LogP contribution in [0.5, 0.6) is 0 Å². The third-order valence-electron chi connectivity index (χ3n) is 3.57. The maximum Gasteiger partial charge on any atom is 0.249 e. The Bertz CT molecular complexity index is 737. The lowest BCUT2D eigenvalue weighted by Gasteiger charge is -2.33. The standard InChI is InChI=1S/C14H14N4O3/c1-2-9-14(21)16-12(20)7-18(9)13-10(8-19)17-6-4-3-5-11(17)15-13/h3-6,8-9H,2,7H2,1H3,(H,16,20,21). The second-order valence-corrected chi connectivity index (χ2v) is 4.83. The third kappa shape index (κ3) is 2.06. The van der Waals surface area contributed by atoms with Crippen LogP contribution in [-0.4, -0.2) is 40.1 Å². The van der Waals surface area contributed by atoms with Crippen molar-refractivity contribution in [2.24, 2.45) is 0 Å². The molecule has 0 spiro atoms. The van der Waals surface area contributed by atoms with Crippen LogP contribution in [0.2, 0.25) is 0 Å². The van der Waals surface area contributed by atoms with E-state index in [1.807, 2.05) is 13.0 Å². The summed E-state index contributed by atoms with van der Waals surface area (Å²) in [5, 5.41) is 2.31. The first-order valence-electron chi connectivity index (χ1n) is 6.68. The number of carbonyl (C=O) groups is 3. The SMILES string of the molecule is CCC1C(=O)NC(=O)CN1c1nc2ccccn2c1C=O. The number of imide groups is 1. The molecule has 3 rings (SSSR count). The minimum absolute atomic E-state index is 0.00890. The number of anilines is 1. The number of imidazole rings is 1. The molecule has 2 aromatic heterocycles. The molecule has 0 aromatic carbocycles. The van der Waals surface area contributed by atoms with E-state index >= 15 is 0 Å². The van der Waals surface area contributed by atoms with Crippen LogP contribution in [0.3, 0.4) is 0 Å². The smallest absolute Gasteiger partial charge is 0.249 e. The van der Waals surface area contributed by atoms with Crippen LogP contribution in [0.25, 0.3) is 5.65 Å². The maximum absolute atomic E-state index is 11.9. The molecule has 3 heterocycles. The molecule has 1 atom stereocenters. The van der Waals surface area contributed by atoms with E-state index in [1.165, 1.54) is 0 Å². The zero-order chi connectivity index (χ0) is 15.0. The van der Waals surface area contributed by atoms with Gasteiger partial charge in [0, 0.05) is 6.20 Å². The lowest BCUT2D eigenvalue weighted by Crippen LogP contribution is -2.58. The molecule has 7 nitrogen and oxygen atoms in total. The van der Waals surface area contributed by atoms with Crippen molar-refractivity contribution in [3.8, 4) is 0 Å². The van der Waals surface area contributed by atoms with Crippen molar-refractivity contribution in [2.75, 3.05) is 11.4 Å². The van der Waals surface area contributed by atoms with Crippen LogP contribution in [0.1, 0.15) is 23.8 Å². The Labute approximate surface area is 120 Å². The Kier molecular flexibility index (Phi) is 3.17. The van der Waals surface area contributed by atoms with Gasteiger partial charge in [-0.15, -0.1) is 0 Å². The number of fused-ring (bicyclic) bond motifs is 1. The van der Waals surface area contributed by atoms with Gasteiger partial charge >= 0.3 is 0 Å². The highest BCUT2D eigenvalue weighted by atomic mass is 16.2. The zero-order valence-corrected chi connectivity index (χ0v) is 11.4. The first-order chi connectivity index (χ1) is 10.2. The van der Waals surface area contributed by atoms with Gasteiger partial charge in [-0.2, -0.15) is 0 Å². The molecule has 1 fully saturated rings. The molecule has 0 radical (unpaired) electrons. The summed E-state index contributed by atoms with van der Waals surface area (Å²) >= 11 is 0. The van der Waals surface area contributed by atoms with Crippen LogP contribution >= 0.6 is 0 Å². The average Bonchev–Trinajstić information content (AvgIpc) is 2.84. The number of piperazine rings is 1. The number of carbonyl (C=O) groups excluding carboxylic acids is 3. The lowest BCUT2D eigenvalue weighted by molar-refractivity contribution is -0.132. The Morgan fingerprint density at radius 3 is 2.95 bits per heavy atom. The Morgan fingerprint density at radius 1 is 1.43 bits per heavy atom. The van der Waals surface area contributed by atoms with Gasteiger partial charge in [0.1, 0.15) is 17.4 Å². The van der Waals surface area contributed by atoms with E-state index in [1.54, 1.807) is 27.6 Å². The number of hydrogen-bond acceptors (Lipinski definition) is 5. The normalized spacial score (nSPS) is 18.9. The number of aldehydes is 1. The van der Waals surface area contributed by atoms with Crippen molar-refractivity contribution in [3.05, 3.63) is 30.1 Å². The van der Waals surface area contributed by atoms with Crippen molar-refractivity contribution < 1.29 is 14.4 Å². The minimum atomic E-state index is -0.508. The van der Waals surface area contributed by atoms with Crippen LogP contribution in [0.15, 0.2) is 24.4 Å². The number of nitrogens with one attached hydrogen (secondary N) is 1. The van der Waals surface area contributed by atoms with E-state index < -0.39 is 11.9 Å². The van der Waals surface area contributed by atoms with Gasteiger partial charge in [-0.3, -0.25) is 24.1 Å². The summed E-state index contributed by atoms with van der Waals surface area (Å²) in [6, 6.07) is 4.86. The first-order valence-corrected chi connectivity index (χ1v) is 6.68. The van der Waals surface area contributed by atoms with Crippen LogP contribution < -0.4 is 10.2 Å². The third-order valence-corrected chi connectivity index (χ3v) is 3.57. The molecular weight excluding hydrogens is 272 g/mol. The molecule has 0 bridgehead atoms. The highest BCUT2D eigenvalue weighted by Crippen LogP contribution is 2.24. The van der Waals surface area contributed by atoms with Gasteiger partial charge in [0.15, 0.2) is 12.1 Å². The predicted octanol–water partition coefficient (Wildman–Crippen LogP) is 0.388. The summed E-state index contributed by atoms with van der Waals surface area (Å²) in [6.45, 7) is 1.86. The van der Waals surface area contributed by atoms with Crippen molar-refractivity contribution in [1.29, 1.82) is 0 Å². The van der Waals surface area contributed by atoms with Gasteiger partial charge in [-0.25, -0.2) is 4.98 Å². The Morgan fingerprint density at radius 2 is 2.24 bits per heavy atom. The van der Waals surface area contributed by atoms with Gasteiger partial charge < -0.3 is 4.90 Å². The molecule has 2 amide bonds. The van der Waals surface area contributed by atoms with E-state index in [0.29, 0.717) is 29.9 Å². The fraction of sp³-hybridized carbons (Fsp3) is 0.286. The summed E-state index contributed by atoms with van der Waals surface area (Å²) in [7, 11) is 0. The van der Waals surface area contributed by atoms with Crippen molar-refractivity contribution in [1.82, 2.24) is 14.7 Å². The van der Waals surface area contributed by atoms with E-state index in [2.05, 4.69) is 10.3 Å². The van der Waals surface area contributed by atoms with Crippen LogP contribution in [0.4, 0.5) is 5.82 Å². The van der Waals surface area contributed by atoms with Crippen molar-refractivity contribution in [3.63, 3.8) is 0 Å². The van der Waals surface area contributed by atoms with Crippen molar-refractivity contribution in [2.45, 2.75) is 19.4 Å². The van der Waals surface area contributed by atoms with Crippen molar-refractivity contribution >= 4 is 29.6 Å². The summed E-state index contributed by atoms with van der Waals surface area (Å²) in [5.74, 6) is -0.382. The lowest BCUT2D eigenvalue weighted by atomic mass is 10.1. The maximum atomic E-state index is 11.9. The number of aromatic nitrogens is 2. The summed E-state index contributed by atoms with van der Waals surface area (Å²) in [4.78, 5) is 41.0. The summed E-state index contributed by atoms with van der Waals surface area (Å²) < 4.78 is 1.64. The van der Waals surface area contributed by atoms with Gasteiger partial charge in [-0.05, 0) is 18.6 Å². The molecular formula is C14H14N4O3. The number of amides is 2. The quantitative estimate of drug-likeness (QED) is 0.652. The monoisotopic (exact) mass is 286 g/mol. The molecule has 2 aromatic rings. The molecule has 1 unspecified atom stereocenters. The Hall–Kier alpha value is -2.70. The molecule has 7 heteroatoms. The van der Waals surface area contributed by atoms with Gasteiger partial charge in [0.25, 0.3) is 0 Å². The molecule has 108 valence electrons. The molecule has 1 N–H and O–H groups in total. The topological polar surface area (TPSA) is 83.8 Å². The largest absolute Gasteiger partial charge is 0.333 e. The molecule has 0 saturated carbocycles. The highest BCUT2D eigenvalue weighted by molar-refractivity contribution is 6.05. The van der Waals surface area contributed by atoms with E-state index in [0.717, 1.165) is 0 Å². The summed E-state index contributed by atoms with van der Waals surface area (Å²) in [5.41, 5.74) is 0.939. The zero-order valence-electron chi connectivity index (χ0n) is 11.4. The summed E-state index contributed by atoms with van der Waals surface area (Å²) in [6.07, 6.45) is 2.94. The predicted molar refractivity (Wildman–Crippen MR) is 75.2 cm³/mol. The Balaban J connectivity index is 2.15. The van der Waals surface area contributed by atoms with E-state index in [4.69, 9.17) is 0 Å². The number of hydrogen-bond donors (Lipinski definition) is 1. The minimum Gasteiger partial charge on any atom is -0.333 e. The molecule has 21 heavy (non-hydrogen) atoms. The highest BCUT2D eigenvalue weighted by Gasteiger charge is 2.35. The number of rotatable bonds is 3. The van der Waals surface area contributed by atoms with Crippen LogP contribution in [0, 0.1) is 0 Å². The fourth-order valence-electron chi connectivity index (χ4n) is 2.62.